The molecule has 0 amide bonds. The standard InChI is InChI=1S/C8H17NO2S/c1-3-12(10,11)6-8-5-9-4-7(8)2/h7-9H,3-6H2,1-2H3. The molecule has 4 heteroatoms. The highest BCUT2D eigenvalue weighted by Crippen LogP contribution is 2.17. The van der Waals surface area contributed by atoms with Gasteiger partial charge in [0.1, 0.15) is 9.84 Å². The maximum absolute atomic E-state index is 11.3. The van der Waals surface area contributed by atoms with Gasteiger partial charge in [0, 0.05) is 5.75 Å². The van der Waals surface area contributed by atoms with Crippen molar-refractivity contribution in [2.24, 2.45) is 11.8 Å². The number of hydrogen-bond donors (Lipinski definition) is 1. The molecule has 0 radical (unpaired) electrons. The number of hydrogen-bond acceptors (Lipinski definition) is 3. The summed E-state index contributed by atoms with van der Waals surface area (Å²) in [6.07, 6.45) is 0. The summed E-state index contributed by atoms with van der Waals surface area (Å²) in [5.74, 6) is 1.47. The van der Waals surface area contributed by atoms with Gasteiger partial charge in [-0.15, -0.1) is 0 Å². The van der Waals surface area contributed by atoms with Crippen LogP contribution >= 0.6 is 0 Å². The summed E-state index contributed by atoms with van der Waals surface area (Å²) in [5, 5.41) is 3.20. The highest BCUT2D eigenvalue weighted by Gasteiger charge is 2.27. The average Bonchev–Trinajstić information content (AvgIpc) is 2.36. The summed E-state index contributed by atoms with van der Waals surface area (Å²) in [6.45, 7) is 5.64. The van der Waals surface area contributed by atoms with Crippen molar-refractivity contribution in [3.05, 3.63) is 0 Å². The van der Waals surface area contributed by atoms with Gasteiger partial charge in [-0.1, -0.05) is 13.8 Å². The van der Waals surface area contributed by atoms with Crippen LogP contribution in [0.2, 0.25) is 0 Å². The van der Waals surface area contributed by atoms with Crippen LogP contribution < -0.4 is 5.32 Å². The van der Waals surface area contributed by atoms with Gasteiger partial charge in [0.2, 0.25) is 0 Å². The monoisotopic (exact) mass is 191 g/mol. The molecule has 1 fully saturated rings. The lowest BCUT2D eigenvalue weighted by Gasteiger charge is -2.12. The average molecular weight is 191 g/mol. The van der Waals surface area contributed by atoms with Crippen LogP contribution in [-0.2, 0) is 9.84 Å². The Morgan fingerprint density at radius 1 is 1.42 bits per heavy atom. The van der Waals surface area contributed by atoms with E-state index in [4.69, 9.17) is 0 Å². The molecular weight excluding hydrogens is 174 g/mol. The molecule has 1 heterocycles. The van der Waals surface area contributed by atoms with Crippen molar-refractivity contribution in [3.8, 4) is 0 Å². The van der Waals surface area contributed by atoms with Crippen LogP contribution in [0, 0.1) is 11.8 Å². The Kier molecular flexibility index (Phi) is 3.12. The minimum atomic E-state index is -2.78. The second kappa shape index (κ2) is 3.75. The van der Waals surface area contributed by atoms with Crippen molar-refractivity contribution >= 4 is 9.84 Å². The van der Waals surface area contributed by atoms with E-state index in [1.54, 1.807) is 6.92 Å². The van der Waals surface area contributed by atoms with E-state index in [9.17, 15) is 8.42 Å². The summed E-state index contributed by atoms with van der Waals surface area (Å²) >= 11 is 0. The molecule has 1 aliphatic heterocycles. The van der Waals surface area contributed by atoms with E-state index in [1.807, 2.05) is 0 Å². The Morgan fingerprint density at radius 3 is 2.50 bits per heavy atom. The molecule has 1 aliphatic rings. The Labute approximate surface area is 74.5 Å². The summed E-state index contributed by atoms with van der Waals surface area (Å²) < 4.78 is 22.5. The minimum Gasteiger partial charge on any atom is -0.316 e. The highest BCUT2D eigenvalue weighted by atomic mass is 32.2. The van der Waals surface area contributed by atoms with Crippen LogP contribution in [0.1, 0.15) is 13.8 Å². The van der Waals surface area contributed by atoms with Crippen LogP contribution in [-0.4, -0.2) is 33.0 Å². The fourth-order valence-electron chi connectivity index (χ4n) is 1.53. The number of rotatable bonds is 3. The van der Waals surface area contributed by atoms with Crippen molar-refractivity contribution in [2.75, 3.05) is 24.6 Å². The smallest absolute Gasteiger partial charge is 0.150 e. The van der Waals surface area contributed by atoms with E-state index in [-0.39, 0.29) is 5.75 Å². The van der Waals surface area contributed by atoms with Crippen molar-refractivity contribution < 1.29 is 8.42 Å². The van der Waals surface area contributed by atoms with E-state index >= 15 is 0 Å². The first kappa shape index (κ1) is 9.99. The molecule has 12 heavy (non-hydrogen) atoms. The number of sulfone groups is 1. The molecule has 1 saturated heterocycles. The van der Waals surface area contributed by atoms with Crippen molar-refractivity contribution in [1.29, 1.82) is 0 Å². The molecule has 0 bridgehead atoms. The molecule has 1 N–H and O–H groups in total. The van der Waals surface area contributed by atoms with Crippen molar-refractivity contribution in [2.45, 2.75) is 13.8 Å². The maximum Gasteiger partial charge on any atom is 0.150 e. The van der Waals surface area contributed by atoms with Gasteiger partial charge in [0.05, 0.1) is 5.75 Å². The largest absolute Gasteiger partial charge is 0.316 e. The molecule has 0 aromatic rings. The zero-order valence-electron chi connectivity index (χ0n) is 7.71. The molecule has 2 unspecified atom stereocenters. The van der Waals surface area contributed by atoms with Gasteiger partial charge in [-0.3, -0.25) is 0 Å². The van der Waals surface area contributed by atoms with Gasteiger partial charge >= 0.3 is 0 Å². The van der Waals surface area contributed by atoms with Crippen LogP contribution in [0.5, 0.6) is 0 Å². The second-order valence-corrected chi connectivity index (χ2v) is 5.99. The van der Waals surface area contributed by atoms with E-state index in [1.165, 1.54) is 0 Å². The Morgan fingerprint density at radius 2 is 2.08 bits per heavy atom. The third-order valence-electron chi connectivity index (χ3n) is 2.59. The molecule has 0 spiro atoms. The fourth-order valence-corrected chi connectivity index (χ4v) is 2.87. The maximum atomic E-state index is 11.3. The predicted molar refractivity (Wildman–Crippen MR) is 49.9 cm³/mol. The SMILES string of the molecule is CCS(=O)(=O)CC1CNCC1C. The first-order chi connectivity index (χ1) is 5.55. The first-order valence-corrected chi connectivity index (χ1v) is 6.28. The van der Waals surface area contributed by atoms with Gasteiger partial charge in [0.25, 0.3) is 0 Å². The molecule has 2 atom stereocenters. The molecule has 0 saturated carbocycles. The van der Waals surface area contributed by atoms with Crippen LogP contribution in [0.15, 0.2) is 0 Å². The molecule has 3 nitrogen and oxygen atoms in total. The molecule has 0 aromatic carbocycles. The van der Waals surface area contributed by atoms with Gasteiger partial charge in [0.15, 0.2) is 0 Å². The summed E-state index contributed by atoms with van der Waals surface area (Å²) in [7, 11) is -2.78. The second-order valence-electron chi connectivity index (χ2n) is 3.59. The Bertz CT molecular complexity index is 235. The predicted octanol–water partition coefficient (Wildman–Crippen LogP) is 0.277. The van der Waals surface area contributed by atoms with Gasteiger partial charge in [-0.2, -0.15) is 0 Å². The summed E-state index contributed by atoms with van der Waals surface area (Å²) in [6, 6.07) is 0. The Hall–Kier alpha value is -0.0900. The molecule has 0 aromatic heterocycles. The van der Waals surface area contributed by atoms with Gasteiger partial charge in [-0.05, 0) is 24.9 Å². The molecule has 1 rings (SSSR count). The third kappa shape index (κ3) is 2.45. The van der Waals surface area contributed by atoms with Gasteiger partial charge in [-0.25, -0.2) is 8.42 Å². The van der Waals surface area contributed by atoms with E-state index in [0.717, 1.165) is 13.1 Å². The highest BCUT2D eigenvalue weighted by molar-refractivity contribution is 7.91. The fraction of sp³-hybridized carbons (Fsp3) is 1.00. The van der Waals surface area contributed by atoms with Crippen LogP contribution in [0.3, 0.4) is 0 Å². The van der Waals surface area contributed by atoms with Crippen LogP contribution in [0.4, 0.5) is 0 Å². The van der Waals surface area contributed by atoms with Crippen molar-refractivity contribution in [1.82, 2.24) is 5.32 Å². The molecular formula is C8H17NO2S. The summed E-state index contributed by atoms with van der Waals surface area (Å²) in [4.78, 5) is 0. The zero-order valence-corrected chi connectivity index (χ0v) is 8.52. The minimum absolute atomic E-state index is 0.274. The van der Waals surface area contributed by atoms with Crippen LogP contribution in [0.25, 0.3) is 0 Å². The zero-order chi connectivity index (χ0) is 9.19. The van der Waals surface area contributed by atoms with Gasteiger partial charge < -0.3 is 5.32 Å². The van der Waals surface area contributed by atoms with E-state index < -0.39 is 9.84 Å². The lowest BCUT2D eigenvalue weighted by molar-refractivity contribution is 0.486. The lowest BCUT2D eigenvalue weighted by atomic mass is 10.0. The van der Waals surface area contributed by atoms with E-state index in [0.29, 0.717) is 17.6 Å². The molecule has 72 valence electrons. The normalized spacial score (nSPS) is 30.8. The third-order valence-corrected chi connectivity index (χ3v) is 4.40. The quantitative estimate of drug-likeness (QED) is 0.697. The summed E-state index contributed by atoms with van der Waals surface area (Å²) in [5.41, 5.74) is 0. The first-order valence-electron chi connectivity index (χ1n) is 4.46. The topological polar surface area (TPSA) is 46.2 Å². The number of nitrogens with one attached hydrogen (secondary N) is 1. The van der Waals surface area contributed by atoms with Crippen molar-refractivity contribution in [3.63, 3.8) is 0 Å². The lowest BCUT2D eigenvalue weighted by Crippen LogP contribution is -2.22. The molecule has 0 aliphatic carbocycles. The van der Waals surface area contributed by atoms with E-state index in [2.05, 4.69) is 12.2 Å². The Balaban J connectivity index is 2.51.